The largest absolute Gasteiger partial charge is 0.330 e. The van der Waals surface area contributed by atoms with Gasteiger partial charge in [-0.3, -0.25) is 4.68 Å². The second kappa shape index (κ2) is 3.94. The van der Waals surface area contributed by atoms with E-state index in [0.29, 0.717) is 6.54 Å². The second-order valence-corrected chi connectivity index (χ2v) is 6.11. The molecule has 5 nitrogen and oxygen atoms in total. The van der Waals surface area contributed by atoms with Crippen LogP contribution in [0.4, 0.5) is 0 Å². The molecule has 1 aromatic rings. The highest BCUT2D eigenvalue weighted by Gasteiger charge is 2.35. The van der Waals surface area contributed by atoms with E-state index in [1.165, 1.54) is 0 Å². The van der Waals surface area contributed by atoms with Crippen molar-refractivity contribution in [3.63, 3.8) is 0 Å². The Morgan fingerprint density at radius 2 is 2.27 bits per heavy atom. The van der Waals surface area contributed by atoms with E-state index in [2.05, 4.69) is 5.10 Å². The lowest BCUT2D eigenvalue weighted by Gasteiger charge is -2.25. The number of hydrogen-bond acceptors (Lipinski definition) is 4. The van der Waals surface area contributed by atoms with Gasteiger partial charge in [0, 0.05) is 6.20 Å². The minimum Gasteiger partial charge on any atom is -0.330 e. The van der Waals surface area contributed by atoms with Crippen LogP contribution in [0.2, 0.25) is 0 Å². The fourth-order valence-corrected chi connectivity index (χ4v) is 3.08. The van der Waals surface area contributed by atoms with Crippen LogP contribution in [0.1, 0.15) is 18.0 Å². The Kier molecular flexibility index (Phi) is 2.79. The molecule has 84 valence electrons. The maximum Gasteiger partial charge on any atom is 0.154 e. The Hall–Kier alpha value is -0.880. The summed E-state index contributed by atoms with van der Waals surface area (Å²) >= 11 is 0. The van der Waals surface area contributed by atoms with Gasteiger partial charge in [-0.25, -0.2) is 8.42 Å². The van der Waals surface area contributed by atoms with Gasteiger partial charge in [-0.2, -0.15) is 5.10 Å². The van der Waals surface area contributed by atoms with Gasteiger partial charge in [-0.1, -0.05) is 0 Å². The number of aryl methyl sites for hydroxylation is 1. The molecular formula is C9H15N3O2S. The predicted molar refractivity (Wildman–Crippen MR) is 57.3 cm³/mol. The molecule has 0 amide bonds. The first kappa shape index (κ1) is 10.6. The molecule has 6 heteroatoms. The maximum absolute atomic E-state index is 11.0. The summed E-state index contributed by atoms with van der Waals surface area (Å²) in [6, 6.07) is 0.0432. The number of rotatable bonds is 4. The lowest BCUT2D eigenvalue weighted by molar-refractivity contribution is 0.473. The van der Waals surface area contributed by atoms with Crippen molar-refractivity contribution in [1.29, 1.82) is 0 Å². The Morgan fingerprint density at radius 3 is 2.87 bits per heavy atom. The Morgan fingerprint density at radius 1 is 1.53 bits per heavy atom. The summed E-state index contributed by atoms with van der Waals surface area (Å²) in [4.78, 5) is 0. The SMILES string of the molecule is NCCCc1cnn(C2CS(=O)(=O)C2)c1. The zero-order valence-corrected chi connectivity index (χ0v) is 9.28. The highest BCUT2D eigenvalue weighted by atomic mass is 32.2. The van der Waals surface area contributed by atoms with Crippen LogP contribution >= 0.6 is 0 Å². The van der Waals surface area contributed by atoms with Gasteiger partial charge in [-0.15, -0.1) is 0 Å². The molecule has 0 radical (unpaired) electrons. The lowest BCUT2D eigenvalue weighted by Crippen LogP contribution is -2.38. The molecule has 0 bridgehead atoms. The molecule has 1 aliphatic rings. The topological polar surface area (TPSA) is 78.0 Å². The number of aromatic nitrogens is 2. The number of sulfone groups is 1. The monoisotopic (exact) mass is 229 g/mol. The van der Waals surface area contributed by atoms with Crippen LogP contribution in [0.25, 0.3) is 0 Å². The molecule has 1 aromatic heterocycles. The number of nitrogens with two attached hydrogens (primary N) is 1. The van der Waals surface area contributed by atoms with Gasteiger partial charge in [-0.05, 0) is 24.9 Å². The van der Waals surface area contributed by atoms with Gasteiger partial charge >= 0.3 is 0 Å². The summed E-state index contributed by atoms with van der Waals surface area (Å²) in [5.74, 6) is 0.454. The predicted octanol–water partition coefficient (Wildman–Crippen LogP) is -0.256. The molecule has 0 aromatic carbocycles. The molecule has 1 saturated heterocycles. The third kappa shape index (κ3) is 2.38. The average Bonchev–Trinajstić information content (AvgIpc) is 2.59. The zero-order chi connectivity index (χ0) is 10.9. The molecule has 0 spiro atoms. The minimum atomic E-state index is -2.77. The molecule has 2 heterocycles. The fourth-order valence-electron chi connectivity index (χ4n) is 1.70. The summed E-state index contributed by atoms with van der Waals surface area (Å²) in [6.07, 6.45) is 5.57. The summed E-state index contributed by atoms with van der Waals surface area (Å²) < 4.78 is 23.7. The molecule has 0 saturated carbocycles. The maximum atomic E-state index is 11.0. The van der Waals surface area contributed by atoms with E-state index in [4.69, 9.17) is 5.73 Å². The molecule has 15 heavy (non-hydrogen) atoms. The van der Waals surface area contributed by atoms with Crippen LogP contribution in [-0.2, 0) is 16.3 Å². The summed E-state index contributed by atoms with van der Waals surface area (Å²) in [5, 5.41) is 4.17. The third-order valence-electron chi connectivity index (χ3n) is 2.59. The van der Waals surface area contributed by atoms with E-state index in [1.807, 2.05) is 6.20 Å². The van der Waals surface area contributed by atoms with Crippen molar-refractivity contribution < 1.29 is 8.42 Å². The lowest BCUT2D eigenvalue weighted by atomic mass is 10.2. The molecule has 0 aliphatic carbocycles. The zero-order valence-electron chi connectivity index (χ0n) is 8.46. The standard InChI is InChI=1S/C9H15N3O2S/c10-3-1-2-8-4-11-12(5-8)9-6-15(13,14)7-9/h4-5,9H,1-3,6-7,10H2. The van der Waals surface area contributed by atoms with Crippen molar-refractivity contribution in [2.45, 2.75) is 18.9 Å². The minimum absolute atomic E-state index is 0.0432. The smallest absolute Gasteiger partial charge is 0.154 e. The summed E-state index contributed by atoms with van der Waals surface area (Å²) in [5.41, 5.74) is 6.54. The molecule has 2 N–H and O–H groups in total. The fraction of sp³-hybridized carbons (Fsp3) is 0.667. The molecule has 0 unspecified atom stereocenters. The Labute approximate surface area is 89.2 Å². The Balaban J connectivity index is 1.96. The molecule has 2 rings (SSSR count). The van der Waals surface area contributed by atoms with Crippen LogP contribution in [0, 0.1) is 0 Å². The van der Waals surface area contributed by atoms with Crippen molar-refractivity contribution in [3.8, 4) is 0 Å². The molecular weight excluding hydrogens is 214 g/mol. The molecule has 0 atom stereocenters. The second-order valence-electron chi connectivity index (χ2n) is 3.95. The van der Waals surface area contributed by atoms with Crippen molar-refractivity contribution in [3.05, 3.63) is 18.0 Å². The third-order valence-corrected chi connectivity index (χ3v) is 4.38. The van der Waals surface area contributed by atoms with Crippen LogP contribution < -0.4 is 5.73 Å². The number of nitrogens with zero attached hydrogens (tertiary/aromatic N) is 2. The van der Waals surface area contributed by atoms with E-state index in [-0.39, 0.29) is 17.5 Å². The van der Waals surface area contributed by atoms with Crippen LogP contribution in [0.15, 0.2) is 12.4 Å². The van der Waals surface area contributed by atoms with Crippen LogP contribution in [0.5, 0.6) is 0 Å². The highest BCUT2D eigenvalue weighted by molar-refractivity contribution is 7.92. The van der Waals surface area contributed by atoms with Gasteiger partial charge in [0.05, 0.1) is 23.7 Å². The van der Waals surface area contributed by atoms with E-state index >= 15 is 0 Å². The van der Waals surface area contributed by atoms with Gasteiger partial charge in [0.25, 0.3) is 0 Å². The highest BCUT2D eigenvalue weighted by Crippen LogP contribution is 2.23. The van der Waals surface area contributed by atoms with Gasteiger partial charge < -0.3 is 5.73 Å². The number of hydrogen-bond donors (Lipinski definition) is 1. The van der Waals surface area contributed by atoms with Crippen LogP contribution in [-0.4, -0.2) is 36.2 Å². The first-order valence-corrected chi connectivity index (χ1v) is 6.86. The van der Waals surface area contributed by atoms with E-state index in [1.54, 1.807) is 10.9 Å². The average molecular weight is 229 g/mol. The van der Waals surface area contributed by atoms with E-state index in [0.717, 1.165) is 18.4 Å². The molecule has 1 aliphatic heterocycles. The Bertz CT molecular complexity index is 426. The van der Waals surface area contributed by atoms with Crippen LogP contribution in [0.3, 0.4) is 0 Å². The van der Waals surface area contributed by atoms with Crippen molar-refractivity contribution in [2.75, 3.05) is 18.1 Å². The van der Waals surface area contributed by atoms with Gasteiger partial charge in [0.15, 0.2) is 9.84 Å². The van der Waals surface area contributed by atoms with E-state index in [9.17, 15) is 8.42 Å². The normalized spacial score (nSPS) is 20.1. The first-order valence-electron chi connectivity index (χ1n) is 5.04. The molecule has 1 fully saturated rings. The first-order chi connectivity index (χ1) is 7.11. The van der Waals surface area contributed by atoms with Crippen molar-refractivity contribution in [1.82, 2.24) is 9.78 Å². The quantitative estimate of drug-likeness (QED) is 0.772. The van der Waals surface area contributed by atoms with Crippen molar-refractivity contribution >= 4 is 9.84 Å². The van der Waals surface area contributed by atoms with Gasteiger partial charge in [0.2, 0.25) is 0 Å². The summed E-state index contributed by atoms with van der Waals surface area (Å²) in [7, 11) is -2.77. The van der Waals surface area contributed by atoms with E-state index < -0.39 is 9.84 Å². The van der Waals surface area contributed by atoms with Crippen molar-refractivity contribution in [2.24, 2.45) is 5.73 Å². The summed E-state index contributed by atoms with van der Waals surface area (Å²) in [6.45, 7) is 0.670. The van der Waals surface area contributed by atoms with Gasteiger partial charge in [0.1, 0.15) is 0 Å².